The Kier molecular flexibility index (Phi) is 4.13. The van der Waals surface area contributed by atoms with Crippen LogP contribution in [0, 0.1) is 5.82 Å². The molecule has 3 aromatic rings. The second kappa shape index (κ2) is 6.20. The Bertz CT molecular complexity index is 724. The Labute approximate surface area is 126 Å². The molecule has 0 atom stereocenters. The van der Waals surface area contributed by atoms with Gasteiger partial charge in [0.2, 0.25) is 0 Å². The van der Waals surface area contributed by atoms with Crippen LogP contribution in [0.3, 0.4) is 0 Å². The van der Waals surface area contributed by atoms with E-state index in [9.17, 15) is 4.39 Å². The quantitative estimate of drug-likeness (QED) is 0.779. The van der Waals surface area contributed by atoms with Crippen molar-refractivity contribution in [3.63, 3.8) is 0 Å². The summed E-state index contributed by atoms with van der Waals surface area (Å²) in [6.45, 7) is 0.913. The van der Waals surface area contributed by atoms with Gasteiger partial charge >= 0.3 is 0 Å². The van der Waals surface area contributed by atoms with Gasteiger partial charge in [0.15, 0.2) is 11.6 Å². The van der Waals surface area contributed by atoms with Gasteiger partial charge in [-0.05, 0) is 36.9 Å². The first-order valence-electron chi connectivity index (χ1n) is 6.66. The fraction of sp³-hybridized carbons (Fsp3) is 0.188. The Morgan fingerprint density at radius 3 is 2.86 bits per heavy atom. The molecule has 108 valence electrons. The van der Waals surface area contributed by atoms with E-state index in [0.29, 0.717) is 6.54 Å². The number of hydrogen-bond acceptors (Lipinski definition) is 4. The summed E-state index contributed by atoms with van der Waals surface area (Å²) in [6, 6.07) is 12.9. The number of hydrogen-bond donors (Lipinski definition) is 1. The molecular weight excluding hydrogens is 287 g/mol. The van der Waals surface area contributed by atoms with Crippen molar-refractivity contribution in [1.29, 1.82) is 0 Å². The molecule has 0 bridgehead atoms. The topological polar surface area (TPSA) is 34.1 Å². The maximum absolute atomic E-state index is 13.9. The number of rotatable bonds is 5. The average Bonchev–Trinajstić information content (AvgIpc) is 2.89. The second-order valence-electron chi connectivity index (χ2n) is 4.66. The van der Waals surface area contributed by atoms with Crippen molar-refractivity contribution in [3.8, 4) is 5.75 Å². The van der Waals surface area contributed by atoms with E-state index in [4.69, 9.17) is 4.74 Å². The van der Waals surface area contributed by atoms with Crippen molar-refractivity contribution in [1.82, 2.24) is 10.3 Å². The van der Waals surface area contributed by atoms with Gasteiger partial charge in [-0.1, -0.05) is 18.2 Å². The molecule has 0 aliphatic carbocycles. The van der Waals surface area contributed by atoms with Gasteiger partial charge in [-0.3, -0.25) is 0 Å². The van der Waals surface area contributed by atoms with Crippen LogP contribution in [0.5, 0.6) is 5.75 Å². The molecule has 0 amide bonds. The third-order valence-corrected chi connectivity index (χ3v) is 4.08. The predicted octanol–water partition coefficient (Wildman–Crippen LogP) is 3.73. The zero-order valence-corrected chi connectivity index (χ0v) is 12.4. The van der Waals surface area contributed by atoms with Crippen LogP contribution in [-0.2, 0) is 13.2 Å². The van der Waals surface area contributed by atoms with Crippen LogP contribution in [0.4, 0.5) is 4.39 Å². The molecule has 1 aromatic heterocycles. The van der Waals surface area contributed by atoms with E-state index in [1.807, 2.05) is 37.4 Å². The third kappa shape index (κ3) is 3.20. The summed E-state index contributed by atoms with van der Waals surface area (Å²) in [6.07, 6.45) is 0. The lowest BCUT2D eigenvalue weighted by molar-refractivity contribution is 0.290. The summed E-state index contributed by atoms with van der Waals surface area (Å²) in [7, 11) is 1.83. The van der Waals surface area contributed by atoms with Crippen molar-refractivity contribution in [2.75, 3.05) is 7.05 Å². The van der Waals surface area contributed by atoms with E-state index in [-0.39, 0.29) is 18.2 Å². The van der Waals surface area contributed by atoms with E-state index in [2.05, 4.69) is 10.3 Å². The lowest BCUT2D eigenvalue weighted by Crippen LogP contribution is -2.05. The smallest absolute Gasteiger partial charge is 0.165 e. The lowest BCUT2D eigenvalue weighted by atomic mass is 10.2. The summed E-state index contributed by atoms with van der Waals surface area (Å²) in [5, 5.41) is 3.83. The summed E-state index contributed by atoms with van der Waals surface area (Å²) >= 11 is 1.57. The number of benzene rings is 2. The molecule has 0 aliphatic heterocycles. The monoisotopic (exact) mass is 302 g/mol. The van der Waals surface area contributed by atoms with Crippen LogP contribution in [0.15, 0.2) is 42.5 Å². The molecule has 0 saturated heterocycles. The largest absolute Gasteiger partial charge is 0.483 e. The van der Waals surface area contributed by atoms with Crippen LogP contribution in [-0.4, -0.2) is 12.0 Å². The molecule has 5 heteroatoms. The summed E-state index contributed by atoms with van der Waals surface area (Å²) < 4.78 is 20.6. The zero-order chi connectivity index (χ0) is 14.7. The standard InChI is InChI=1S/C16H15FN2OS/c1-18-9-11-6-7-14(12(17)8-11)20-10-16-19-13-4-2-3-5-15(13)21-16/h2-8,18H,9-10H2,1H3. The molecule has 3 rings (SSSR count). The molecule has 0 radical (unpaired) electrons. The molecule has 1 heterocycles. The van der Waals surface area contributed by atoms with Crippen LogP contribution in [0.25, 0.3) is 10.2 Å². The number of nitrogens with one attached hydrogen (secondary N) is 1. The Balaban J connectivity index is 1.72. The number of nitrogens with zero attached hydrogens (tertiary/aromatic N) is 1. The molecule has 0 spiro atoms. The Morgan fingerprint density at radius 2 is 2.10 bits per heavy atom. The fourth-order valence-corrected chi connectivity index (χ4v) is 2.98. The van der Waals surface area contributed by atoms with Crippen molar-refractivity contribution >= 4 is 21.6 Å². The molecule has 3 nitrogen and oxygen atoms in total. The molecule has 21 heavy (non-hydrogen) atoms. The molecule has 2 aromatic carbocycles. The Hall–Kier alpha value is -1.98. The minimum absolute atomic E-state index is 0.258. The minimum atomic E-state index is -0.344. The van der Waals surface area contributed by atoms with Gasteiger partial charge in [-0.25, -0.2) is 9.37 Å². The molecule has 0 unspecified atom stereocenters. The maximum Gasteiger partial charge on any atom is 0.165 e. The van der Waals surface area contributed by atoms with E-state index < -0.39 is 0 Å². The predicted molar refractivity (Wildman–Crippen MR) is 83.1 cm³/mol. The molecule has 1 N–H and O–H groups in total. The van der Waals surface area contributed by atoms with Gasteiger partial charge in [0.25, 0.3) is 0 Å². The second-order valence-corrected chi connectivity index (χ2v) is 5.77. The molecule has 0 saturated carbocycles. The molecule has 0 aliphatic rings. The normalized spacial score (nSPS) is 11.0. The number of para-hydroxylation sites is 1. The van der Waals surface area contributed by atoms with E-state index in [0.717, 1.165) is 20.8 Å². The SMILES string of the molecule is CNCc1ccc(OCc2nc3ccccc3s2)c(F)c1. The van der Waals surface area contributed by atoms with Crippen molar-refractivity contribution < 1.29 is 9.13 Å². The van der Waals surface area contributed by atoms with Crippen LogP contribution in [0.2, 0.25) is 0 Å². The van der Waals surface area contributed by atoms with Crippen molar-refractivity contribution in [3.05, 3.63) is 58.9 Å². The first kappa shape index (κ1) is 14.0. The van der Waals surface area contributed by atoms with Crippen LogP contribution in [0.1, 0.15) is 10.6 Å². The lowest BCUT2D eigenvalue weighted by Gasteiger charge is -2.07. The molecular formula is C16H15FN2OS. The number of aromatic nitrogens is 1. The van der Waals surface area contributed by atoms with E-state index in [1.54, 1.807) is 17.4 Å². The minimum Gasteiger partial charge on any atom is -0.483 e. The van der Waals surface area contributed by atoms with Crippen molar-refractivity contribution in [2.45, 2.75) is 13.2 Å². The summed E-state index contributed by atoms with van der Waals surface area (Å²) in [5.74, 6) is -0.0852. The van der Waals surface area contributed by atoms with Crippen LogP contribution < -0.4 is 10.1 Å². The van der Waals surface area contributed by atoms with Gasteiger partial charge in [-0.15, -0.1) is 11.3 Å². The van der Waals surface area contributed by atoms with E-state index >= 15 is 0 Å². The van der Waals surface area contributed by atoms with Gasteiger partial charge in [-0.2, -0.15) is 0 Å². The fourth-order valence-electron chi connectivity index (χ4n) is 2.10. The summed E-state index contributed by atoms with van der Waals surface area (Å²) in [5.41, 5.74) is 1.84. The highest BCUT2D eigenvalue weighted by molar-refractivity contribution is 7.18. The number of halogens is 1. The van der Waals surface area contributed by atoms with E-state index in [1.165, 1.54) is 6.07 Å². The zero-order valence-electron chi connectivity index (χ0n) is 11.6. The first-order chi connectivity index (χ1) is 10.3. The third-order valence-electron chi connectivity index (χ3n) is 3.07. The molecule has 0 fully saturated rings. The maximum atomic E-state index is 13.9. The van der Waals surface area contributed by atoms with Crippen LogP contribution >= 0.6 is 11.3 Å². The number of ether oxygens (including phenoxy) is 1. The van der Waals surface area contributed by atoms with Crippen molar-refractivity contribution in [2.24, 2.45) is 0 Å². The van der Waals surface area contributed by atoms with Gasteiger partial charge in [0.1, 0.15) is 11.6 Å². The highest BCUT2D eigenvalue weighted by atomic mass is 32.1. The van der Waals surface area contributed by atoms with Gasteiger partial charge < -0.3 is 10.1 Å². The average molecular weight is 302 g/mol. The van der Waals surface area contributed by atoms with Gasteiger partial charge in [0, 0.05) is 6.54 Å². The summed E-state index contributed by atoms with van der Waals surface area (Å²) in [4.78, 5) is 4.47. The first-order valence-corrected chi connectivity index (χ1v) is 7.48. The Morgan fingerprint density at radius 1 is 1.24 bits per heavy atom. The highest BCUT2D eigenvalue weighted by Crippen LogP contribution is 2.24. The number of fused-ring (bicyclic) bond motifs is 1. The number of thiazole rings is 1. The highest BCUT2D eigenvalue weighted by Gasteiger charge is 2.07. The van der Waals surface area contributed by atoms with Gasteiger partial charge in [0.05, 0.1) is 10.2 Å².